The summed E-state index contributed by atoms with van der Waals surface area (Å²) in [6.45, 7) is 3.98. The van der Waals surface area contributed by atoms with E-state index in [2.05, 4.69) is 6.92 Å². The maximum absolute atomic E-state index is 5.49. The van der Waals surface area contributed by atoms with Gasteiger partial charge in [0.1, 0.15) is 18.1 Å². The highest BCUT2D eigenvalue weighted by molar-refractivity contribution is 5.32. The van der Waals surface area contributed by atoms with Crippen LogP contribution in [0.4, 0.5) is 0 Å². The molecule has 1 rings (SSSR count). The minimum atomic E-state index is 0.563. The van der Waals surface area contributed by atoms with E-state index in [1.807, 2.05) is 24.3 Å². The normalized spacial score (nSPS) is 10.0. The third kappa shape index (κ3) is 4.70. The van der Waals surface area contributed by atoms with Gasteiger partial charge in [-0.05, 0) is 18.6 Å². The molecule has 0 N–H and O–H groups in total. The van der Waals surface area contributed by atoms with E-state index in [0.29, 0.717) is 13.2 Å². The molecule has 0 fully saturated rings. The van der Waals surface area contributed by atoms with Gasteiger partial charge in [0.2, 0.25) is 0 Å². The van der Waals surface area contributed by atoms with Gasteiger partial charge in [-0.3, -0.25) is 0 Å². The quantitative estimate of drug-likeness (QED) is 0.647. The van der Waals surface area contributed by atoms with E-state index >= 15 is 0 Å². The number of hydrogen-bond acceptors (Lipinski definition) is 3. The minimum absolute atomic E-state index is 0.563. The van der Waals surface area contributed by atoms with Crippen molar-refractivity contribution in [3.8, 4) is 11.5 Å². The van der Waals surface area contributed by atoms with Crippen LogP contribution in [0.1, 0.15) is 13.3 Å². The topological polar surface area (TPSA) is 27.7 Å². The summed E-state index contributed by atoms with van der Waals surface area (Å²) >= 11 is 0. The first-order valence-corrected chi connectivity index (χ1v) is 5.21. The largest absolute Gasteiger partial charge is 0.493 e. The Labute approximate surface area is 91.0 Å². The molecule has 15 heavy (non-hydrogen) atoms. The average molecular weight is 210 g/mol. The standard InChI is InChI=1S/C12H18O3/c1-3-7-14-11-5-4-6-12(10-11)15-9-8-13-2/h4-6,10H,3,7-9H2,1-2H3. The van der Waals surface area contributed by atoms with Gasteiger partial charge in [-0.1, -0.05) is 13.0 Å². The summed E-state index contributed by atoms with van der Waals surface area (Å²) in [4.78, 5) is 0. The predicted octanol–water partition coefficient (Wildman–Crippen LogP) is 2.50. The molecule has 0 atom stereocenters. The Morgan fingerprint density at radius 3 is 2.27 bits per heavy atom. The SMILES string of the molecule is CCCOc1cccc(OCCOC)c1. The van der Waals surface area contributed by atoms with Crippen LogP contribution in [-0.4, -0.2) is 26.9 Å². The minimum Gasteiger partial charge on any atom is -0.493 e. The van der Waals surface area contributed by atoms with Crippen LogP contribution in [0.5, 0.6) is 11.5 Å². The molecular weight excluding hydrogens is 192 g/mol. The summed E-state index contributed by atoms with van der Waals surface area (Å²) in [5.41, 5.74) is 0. The second kappa shape index (κ2) is 7.12. The Balaban J connectivity index is 2.42. The van der Waals surface area contributed by atoms with Crippen LogP contribution < -0.4 is 9.47 Å². The first-order chi connectivity index (χ1) is 7.36. The predicted molar refractivity (Wildman–Crippen MR) is 59.6 cm³/mol. The molecule has 1 aromatic carbocycles. The molecule has 3 heteroatoms. The molecule has 0 spiro atoms. The molecule has 0 saturated heterocycles. The summed E-state index contributed by atoms with van der Waals surface area (Å²) in [5, 5.41) is 0. The van der Waals surface area contributed by atoms with Gasteiger partial charge in [0.25, 0.3) is 0 Å². The number of rotatable bonds is 7. The monoisotopic (exact) mass is 210 g/mol. The van der Waals surface area contributed by atoms with Gasteiger partial charge < -0.3 is 14.2 Å². The Kier molecular flexibility index (Phi) is 5.63. The Hall–Kier alpha value is -1.22. The molecule has 0 aliphatic rings. The van der Waals surface area contributed by atoms with Crippen molar-refractivity contribution < 1.29 is 14.2 Å². The van der Waals surface area contributed by atoms with E-state index in [0.717, 1.165) is 24.5 Å². The third-order valence-electron chi connectivity index (χ3n) is 1.83. The van der Waals surface area contributed by atoms with Gasteiger partial charge in [0, 0.05) is 13.2 Å². The van der Waals surface area contributed by atoms with Crippen LogP contribution in [0.3, 0.4) is 0 Å². The number of hydrogen-bond donors (Lipinski definition) is 0. The van der Waals surface area contributed by atoms with Gasteiger partial charge in [0.15, 0.2) is 0 Å². The van der Waals surface area contributed by atoms with Crippen molar-refractivity contribution in [1.82, 2.24) is 0 Å². The Morgan fingerprint density at radius 1 is 1.00 bits per heavy atom. The summed E-state index contributed by atoms with van der Waals surface area (Å²) in [6.07, 6.45) is 1.01. The molecule has 0 radical (unpaired) electrons. The maximum Gasteiger partial charge on any atom is 0.123 e. The summed E-state index contributed by atoms with van der Waals surface area (Å²) < 4.78 is 15.9. The molecule has 1 aromatic rings. The van der Waals surface area contributed by atoms with E-state index in [4.69, 9.17) is 14.2 Å². The van der Waals surface area contributed by atoms with Crippen LogP contribution in [-0.2, 0) is 4.74 Å². The van der Waals surface area contributed by atoms with Crippen molar-refractivity contribution in [2.75, 3.05) is 26.9 Å². The molecule has 0 bridgehead atoms. The average Bonchev–Trinajstić information content (AvgIpc) is 2.27. The van der Waals surface area contributed by atoms with E-state index in [1.165, 1.54) is 0 Å². The lowest BCUT2D eigenvalue weighted by Gasteiger charge is -2.08. The highest BCUT2D eigenvalue weighted by Crippen LogP contribution is 2.19. The second-order valence-electron chi connectivity index (χ2n) is 3.16. The second-order valence-corrected chi connectivity index (χ2v) is 3.16. The lowest BCUT2D eigenvalue weighted by Crippen LogP contribution is -2.04. The third-order valence-corrected chi connectivity index (χ3v) is 1.83. The highest BCUT2D eigenvalue weighted by atomic mass is 16.5. The molecule has 84 valence electrons. The molecule has 0 saturated carbocycles. The summed E-state index contributed by atoms with van der Waals surface area (Å²) in [6, 6.07) is 7.66. The lowest BCUT2D eigenvalue weighted by molar-refractivity contribution is 0.146. The molecule has 0 unspecified atom stereocenters. The Bertz CT molecular complexity index is 273. The number of ether oxygens (including phenoxy) is 3. The van der Waals surface area contributed by atoms with Crippen LogP contribution in [0.2, 0.25) is 0 Å². The zero-order chi connectivity index (χ0) is 10.9. The van der Waals surface area contributed by atoms with Gasteiger partial charge >= 0.3 is 0 Å². The fraction of sp³-hybridized carbons (Fsp3) is 0.500. The maximum atomic E-state index is 5.49. The Morgan fingerprint density at radius 2 is 1.67 bits per heavy atom. The zero-order valence-electron chi connectivity index (χ0n) is 9.36. The van der Waals surface area contributed by atoms with E-state index in [-0.39, 0.29) is 0 Å². The fourth-order valence-corrected chi connectivity index (χ4v) is 1.12. The molecule has 0 amide bonds. The smallest absolute Gasteiger partial charge is 0.123 e. The first kappa shape index (κ1) is 11.9. The van der Waals surface area contributed by atoms with Crippen molar-refractivity contribution in [3.63, 3.8) is 0 Å². The van der Waals surface area contributed by atoms with Crippen LogP contribution in [0.15, 0.2) is 24.3 Å². The van der Waals surface area contributed by atoms with Crippen molar-refractivity contribution in [2.24, 2.45) is 0 Å². The van der Waals surface area contributed by atoms with E-state index in [9.17, 15) is 0 Å². The highest BCUT2D eigenvalue weighted by Gasteiger charge is 1.97. The molecule has 0 heterocycles. The molecule has 0 aliphatic heterocycles. The van der Waals surface area contributed by atoms with Crippen LogP contribution >= 0.6 is 0 Å². The van der Waals surface area contributed by atoms with Gasteiger partial charge in [-0.25, -0.2) is 0 Å². The fourth-order valence-electron chi connectivity index (χ4n) is 1.12. The van der Waals surface area contributed by atoms with Crippen LogP contribution in [0, 0.1) is 0 Å². The molecule has 0 aliphatic carbocycles. The molecule has 0 aromatic heterocycles. The van der Waals surface area contributed by atoms with Gasteiger partial charge in [0.05, 0.1) is 13.2 Å². The molecular formula is C12H18O3. The summed E-state index contributed by atoms with van der Waals surface area (Å²) in [5.74, 6) is 1.67. The van der Waals surface area contributed by atoms with Gasteiger partial charge in [-0.15, -0.1) is 0 Å². The number of methoxy groups -OCH3 is 1. The molecule has 3 nitrogen and oxygen atoms in total. The van der Waals surface area contributed by atoms with Crippen molar-refractivity contribution >= 4 is 0 Å². The van der Waals surface area contributed by atoms with Crippen molar-refractivity contribution in [3.05, 3.63) is 24.3 Å². The lowest BCUT2D eigenvalue weighted by atomic mass is 10.3. The van der Waals surface area contributed by atoms with Gasteiger partial charge in [-0.2, -0.15) is 0 Å². The number of benzene rings is 1. The summed E-state index contributed by atoms with van der Waals surface area (Å²) in [7, 11) is 1.66. The van der Waals surface area contributed by atoms with E-state index in [1.54, 1.807) is 7.11 Å². The van der Waals surface area contributed by atoms with E-state index < -0.39 is 0 Å². The zero-order valence-corrected chi connectivity index (χ0v) is 9.36. The van der Waals surface area contributed by atoms with Crippen molar-refractivity contribution in [2.45, 2.75) is 13.3 Å². The first-order valence-electron chi connectivity index (χ1n) is 5.21. The van der Waals surface area contributed by atoms with Crippen LogP contribution in [0.25, 0.3) is 0 Å². The van der Waals surface area contributed by atoms with Crippen molar-refractivity contribution in [1.29, 1.82) is 0 Å².